The molecule has 2 unspecified atom stereocenters. The Labute approximate surface area is 215 Å². The molecule has 2 atom stereocenters. The SMILES string of the molecule is COCCNC(=O)C1(C)C(c2cnn(C)c2)C(C2=CCC(C)(C)C=C2)=NN1C1=CC=C(C)CC1(C)C. The van der Waals surface area contributed by atoms with Gasteiger partial charge in [0.2, 0.25) is 5.91 Å². The van der Waals surface area contributed by atoms with Gasteiger partial charge in [0, 0.05) is 43.6 Å². The van der Waals surface area contributed by atoms with E-state index in [-0.39, 0.29) is 22.7 Å². The molecule has 0 fully saturated rings. The molecule has 3 aliphatic rings. The number of ether oxygens (including phenoxy) is 1. The number of amides is 1. The predicted octanol–water partition coefficient (Wildman–Crippen LogP) is 4.87. The molecule has 0 spiro atoms. The second-order valence-corrected chi connectivity index (χ2v) is 11.9. The summed E-state index contributed by atoms with van der Waals surface area (Å²) in [4.78, 5) is 14.1. The maximum Gasteiger partial charge on any atom is 0.248 e. The molecule has 4 rings (SSSR count). The molecule has 194 valence electrons. The van der Waals surface area contributed by atoms with Crippen LogP contribution in [-0.4, -0.2) is 52.2 Å². The normalized spacial score (nSPS) is 26.8. The minimum absolute atomic E-state index is 0.0733. The van der Waals surface area contributed by atoms with Crippen molar-refractivity contribution < 1.29 is 9.53 Å². The summed E-state index contributed by atoms with van der Waals surface area (Å²) in [5, 5.41) is 14.9. The van der Waals surface area contributed by atoms with E-state index in [1.54, 1.807) is 11.8 Å². The number of hydrogen-bond donors (Lipinski definition) is 1. The standard InChI is InChI=1S/C29H41N5O2/c1-20-9-10-23(28(4,5)17-20)34-29(6,26(35)30-15-16-36-8)24(22-18-31-33(7)19-22)25(32-34)21-11-13-27(2,3)14-12-21/h9-13,18-19,24H,14-17H2,1-8H3,(H,30,35). The third-order valence-electron chi connectivity index (χ3n) is 7.62. The Morgan fingerprint density at radius 3 is 2.56 bits per heavy atom. The van der Waals surface area contributed by atoms with Gasteiger partial charge in [0.1, 0.15) is 0 Å². The van der Waals surface area contributed by atoms with Crippen LogP contribution in [0.5, 0.6) is 0 Å². The summed E-state index contributed by atoms with van der Waals surface area (Å²) < 4.78 is 7.01. The molecule has 1 amide bonds. The zero-order valence-electron chi connectivity index (χ0n) is 23.1. The number of methoxy groups -OCH3 is 1. The van der Waals surface area contributed by atoms with E-state index in [1.807, 2.05) is 31.4 Å². The second-order valence-electron chi connectivity index (χ2n) is 11.9. The highest BCUT2D eigenvalue weighted by Crippen LogP contribution is 2.50. The van der Waals surface area contributed by atoms with Gasteiger partial charge in [0.05, 0.1) is 24.4 Å². The fourth-order valence-electron chi connectivity index (χ4n) is 5.60. The topological polar surface area (TPSA) is 71.7 Å². The molecule has 0 bridgehead atoms. The van der Waals surface area contributed by atoms with Gasteiger partial charge in [-0.2, -0.15) is 10.2 Å². The monoisotopic (exact) mass is 491 g/mol. The molecule has 0 radical (unpaired) electrons. The van der Waals surface area contributed by atoms with Gasteiger partial charge in [-0.3, -0.25) is 14.5 Å². The number of nitrogens with zero attached hydrogens (tertiary/aromatic N) is 4. The highest BCUT2D eigenvalue weighted by atomic mass is 16.5. The van der Waals surface area contributed by atoms with E-state index in [2.05, 4.69) is 75.4 Å². The maximum atomic E-state index is 14.1. The Morgan fingerprint density at radius 2 is 1.97 bits per heavy atom. The van der Waals surface area contributed by atoms with E-state index in [4.69, 9.17) is 9.84 Å². The van der Waals surface area contributed by atoms with Crippen LogP contribution in [0, 0.1) is 10.8 Å². The number of allylic oxidation sites excluding steroid dienone is 8. The molecule has 36 heavy (non-hydrogen) atoms. The summed E-state index contributed by atoms with van der Waals surface area (Å²) in [6.45, 7) is 14.0. The van der Waals surface area contributed by atoms with Gasteiger partial charge in [-0.15, -0.1) is 0 Å². The molecule has 0 saturated carbocycles. The van der Waals surface area contributed by atoms with E-state index in [0.717, 1.165) is 35.4 Å². The summed E-state index contributed by atoms with van der Waals surface area (Å²) in [5.41, 5.74) is 4.25. The average molecular weight is 492 g/mol. The maximum absolute atomic E-state index is 14.1. The number of hydrazone groups is 1. The van der Waals surface area contributed by atoms with Crippen LogP contribution in [0.25, 0.3) is 0 Å². The average Bonchev–Trinajstić information content (AvgIpc) is 3.34. The van der Waals surface area contributed by atoms with Crippen molar-refractivity contribution in [3.63, 3.8) is 0 Å². The lowest BCUT2D eigenvalue weighted by Gasteiger charge is -2.44. The second kappa shape index (κ2) is 9.51. The molecule has 2 heterocycles. The van der Waals surface area contributed by atoms with Crippen LogP contribution >= 0.6 is 0 Å². The van der Waals surface area contributed by atoms with Gasteiger partial charge >= 0.3 is 0 Å². The van der Waals surface area contributed by atoms with E-state index >= 15 is 0 Å². The molecule has 0 saturated heterocycles. The van der Waals surface area contributed by atoms with Crippen molar-refractivity contribution >= 4 is 11.6 Å². The first kappa shape index (κ1) is 26.1. The third kappa shape index (κ3) is 4.73. The summed E-state index contributed by atoms with van der Waals surface area (Å²) in [5.74, 6) is -0.370. The van der Waals surface area contributed by atoms with Crippen LogP contribution in [0.15, 0.2) is 64.7 Å². The molecule has 2 aliphatic carbocycles. The lowest BCUT2D eigenvalue weighted by molar-refractivity contribution is -0.131. The lowest BCUT2D eigenvalue weighted by atomic mass is 9.72. The molecule has 1 aromatic heterocycles. The van der Waals surface area contributed by atoms with Crippen LogP contribution in [0.3, 0.4) is 0 Å². The number of rotatable bonds is 7. The zero-order valence-corrected chi connectivity index (χ0v) is 23.1. The van der Waals surface area contributed by atoms with Gasteiger partial charge in [-0.25, -0.2) is 0 Å². The fourth-order valence-corrected chi connectivity index (χ4v) is 5.60. The fraction of sp³-hybridized carbons (Fsp3) is 0.552. The molecule has 0 aromatic carbocycles. The molecule has 1 N–H and O–H groups in total. The smallest absolute Gasteiger partial charge is 0.248 e. The minimum Gasteiger partial charge on any atom is -0.383 e. The Morgan fingerprint density at radius 1 is 1.22 bits per heavy atom. The first-order chi connectivity index (χ1) is 16.9. The number of aryl methyl sites for hydroxylation is 1. The minimum atomic E-state index is -0.990. The van der Waals surface area contributed by atoms with Crippen LogP contribution < -0.4 is 5.32 Å². The molecule has 7 heteroatoms. The van der Waals surface area contributed by atoms with Crippen molar-refractivity contribution in [1.29, 1.82) is 0 Å². The molecule has 1 aromatic rings. The van der Waals surface area contributed by atoms with E-state index in [9.17, 15) is 4.79 Å². The van der Waals surface area contributed by atoms with Crippen molar-refractivity contribution in [1.82, 2.24) is 20.1 Å². The summed E-state index contributed by atoms with van der Waals surface area (Å²) in [7, 11) is 3.55. The Bertz CT molecular complexity index is 1180. The first-order valence-corrected chi connectivity index (χ1v) is 12.8. The molecular formula is C29H41N5O2. The van der Waals surface area contributed by atoms with Gasteiger partial charge in [0.15, 0.2) is 5.54 Å². The van der Waals surface area contributed by atoms with Crippen molar-refractivity contribution in [2.45, 2.75) is 65.8 Å². The lowest BCUT2D eigenvalue weighted by Crippen LogP contribution is -2.57. The van der Waals surface area contributed by atoms with Gasteiger partial charge in [0.25, 0.3) is 0 Å². The van der Waals surface area contributed by atoms with Crippen LogP contribution in [0.2, 0.25) is 0 Å². The molecule has 7 nitrogen and oxygen atoms in total. The predicted molar refractivity (Wildman–Crippen MR) is 144 cm³/mol. The van der Waals surface area contributed by atoms with Crippen LogP contribution in [-0.2, 0) is 16.6 Å². The van der Waals surface area contributed by atoms with E-state index < -0.39 is 5.54 Å². The molecular weight excluding hydrogens is 450 g/mol. The Hall–Kier alpha value is -2.93. The summed E-state index contributed by atoms with van der Waals surface area (Å²) in [6.07, 6.45) is 16.7. The zero-order chi connectivity index (χ0) is 26.3. The Kier molecular flexibility index (Phi) is 6.90. The van der Waals surface area contributed by atoms with Crippen LogP contribution in [0.1, 0.15) is 65.9 Å². The number of aromatic nitrogens is 2. The van der Waals surface area contributed by atoms with Crippen molar-refractivity contribution in [3.05, 3.63) is 65.2 Å². The summed E-state index contributed by atoms with van der Waals surface area (Å²) in [6, 6.07) is 0. The van der Waals surface area contributed by atoms with E-state index in [0.29, 0.717) is 13.2 Å². The van der Waals surface area contributed by atoms with Crippen molar-refractivity contribution in [3.8, 4) is 0 Å². The van der Waals surface area contributed by atoms with E-state index in [1.165, 1.54) is 5.57 Å². The highest BCUT2D eigenvalue weighted by Gasteiger charge is 2.57. The molecule has 1 aliphatic heterocycles. The number of carbonyl (C=O) groups is 1. The third-order valence-corrected chi connectivity index (χ3v) is 7.62. The quantitative estimate of drug-likeness (QED) is 0.553. The first-order valence-electron chi connectivity index (χ1n) is 12.8. The van der Waals surface area contributed by atoms with Gasteiger partial charge in [-0.05, 0) is 43.8 Å². The number of carbonyl (C=O) groups excluding carboxylic acids is 1. The van der Waals surface area contributed by atoms with Crippen molar-refractivity contribution in [2.75, 3.05) is 20.3 Å². The number of nitrogens with one attached hydrogen (secondary N) is 1. The Balaban J connectivity index is 1.90. The largest absolute Gasteiger partial charge is 0.383 e. The van der Waals surface area contributed by atoms with Gasteiger partial charge in [-0.1, -0.05) is 57.6 Å². The highest BCUT2D eigenvalue weighted by molar-refractivity contribution is 6.12. The van der Waals surface area contributed by atoms with Crippen molar-refractivity contribution in [2.24, 2.45) is 23.0 Å². The summed E-state index contributed by atoms with van der Waals surface area (Å²) >= 11 is 0. The van der Waals surface area contributed by atoms with Crippen LogP contribution in [0.4, 0.5) is 0 Å². The van der Waals surface area contributed by atoms with Gasteiger partial charge < -0.3 is 10.1 Å². The number of hydrogen-bond acceptors (Lipinski definition) is 5.